The number of fused-ring (bicyclic) bond motifs is 1. The van der Waals surface area contributed by atoms with Gasteiger partial charge in [-0.1, -0.05) is 48.5 Å². The predicted octanol–water partition coefficient (Wildman–Crippen LogP) is 3.82. The van der Waals surface area contributed by atoms with Gasteiger partial charge in [0.1, 0.15) is 6.54 Å². The summed E-state index contributed by atoms with van der Waals surface area (Å²) in [6, 6.07) is 16.9. The maximum absolute atomic E-state index is 13.0. The van der Waals surface area contributed by atoms with Crippen molar-refractivity contribution in [3.63, 3.8) is 0 Å². The van der Waals surface area contributed by atoms with E-state index >= 15 is 0 Å². The lowest BCUT2D eigenvalue weighted by Crippen LogP contribution is -2.50. The van der Waals surface area contributed by atoms with Crippen LogP contribution in [0.3, 0.4) is 0 Å². The van der Waals surface area contributed by atoms with E-state index in [1.54, 1.807) is 6.92 Å². The summed E-state index contributed by atoms with van der Waals surface area (Å²) in [6.07, 6.45) is 2.13. The Morgan fingerprint density at radius 1 is 1.09 bits per heavy atom. The zero-order valence-electron chi connectivity index (χ0n) is 18.1. The first-order valence-electron chi connectivity index (χ1n) is 10.6. The molecular formula is C24H29ClN2O5. The Labute approximate surface area is 194 Å². The van der Waals surface area contributed by atoms with Crippen molar-refractivity contribution in [2.24, 2.45) is 0 Å². The Morgan fingerprint density at radius 3 is 2.47 bits per heavy atom. The van der Waals surface area contributed by atoms with E-state index in [-0.39, 0.29) is 44.0 Å². The summed E-state index contributed by atoms with van der Waals surface area (Å²) in [4.78, 5) is 37.2. The maximum Gasteiger partial charge on any atom is 0.319 e. The topological polar surface area (TPSA) is 87.2 Å². The predicted molar refractivity (Wildman–Crippen MR) is 124 cm³/mol. The second kappa shape index (κ2) is 12.2. The van der Waals surface area contributed by atoms with Gasteiger partial charge in [0, 0.05) is 13.0 Å². The van der Waals surface area contributed by atoms with Gasteiger partial charge in [-0.05, 0) is 43.4 Å². The molecule has 0 saturated heterocycles. The third-order valence-electron chi connectivity index (χ3n) is 5.34. The van der Waals surface area contributed by atoms with Crippen molar-refractivity contribution < 1.29 is 24.2 Å². The molecule has 0 fully saturated rings. The number of carboxylic acid groups (broad SMARTS) is 1. The number of carbonyl (C=O) groups is 3. The highest BCUT2D eigenvalue weighted by atomic mass is 35.5. The summed E-state index contributed by atoms with van der Waals surface area (Å²) >= 11 is 0. The lowest BCUT2D eigenvalue weighted by molar-refractivity contribution is -0.145. The number of halogens is 1. The SMILES string of the molecule is CCOC(=O)C(CCN(CC(=O)O)N1C(=O)CCCc2ccccc21)c1ccccc1.Cl. The minimum atomic E-state index is -1.04. The van der Waals surface area contributed by atoms with E-state index in [9.17, 15) is 19.5 Å². The molecule has 172 valence electrons. The van der Waals surface area contributed by atoms with Crippen LogP contribution >= 0.6 is 12.4 Å². The molecule has 0 spiro atoms. The van der Waals surface area contributed by atoms with E-state index < -0.39 is 11.9 Å². The first-order valence-corrected chi connectivity index (χ1v) is 10.6. The van der Waals surface area contributed by atoms with Crippen LogP contribution in [0.5, 0.6) is 0 Å². The maximum atomic E-state index is 13.0. The fraction of sp³-hybridized carbons (Fsp3) is 0.375. The second-order valence-electron chi connectivity index (χ2n) is 7.47. The lowest BCUT2D eigenvalue weighted by Gasteiger charge is -2.34. The van der Waals surface area contributed by atoms with E-state index in [2.05, 4.69) is 0 Å². The highest BCUT2D eigenvalue weighted by Crippen LogP contribution is 2.29. The van der Waals surface area contributed by atoms with Gasteiger partial charge in [-0.2, -0.15) is 0 Å². The van der Waals surface area contributed by atoms with Crippen LogP contribution in [-0.2, 0) is 25.5 Å². The molecule has 1 atom stereocenters. The van der Waals surface area contributed by atoms with Gasteiger partial charge in [-0.15, -0.1) is 12.4 Å². The van der Waals surface area contributed by atoms with Crippen LogP contribution in [0.15, 0.2) is 54.6 Å². The Morgan fingerprint density at radius 2 is 1.78 bits per heavy atom. The Kier molecular flexibility index (Phi) is 9.68. The molecule has 1 heterocycles. The van der Waals surface area contributed by atoms with E-state index in [0.29, 0.717) is 24.9 Å². The number of hydrazine groups is 1. The number of amides is 1. The number of anilines is 1. The molecule has 0 saturated carbocycles. The quantitative estimate of drug-likeness (QED) is 0.572. The number of benzene rings is 2. The van der Waals surface area contributed by atoms with E-state index in [0.717, 1.165) is 17.5 Å². The molecule has 2 aromatic carbocycles. The summed E-state index contributed by atoms with van der Waals surface area (Å²) in [6.45, 7) is 1.89. The molecule has 7 nitrogen and oxygen atoms in total. The van der Waals surface area contributed by atoms with E-state index in [1.807, 2.05) is 54.6 Å². The summed E-state index contributed by atoms with van der Waals surface area (Å²) in [5, 5.41) is 12.5. The molecule has 0 aromatic heterocycles. The molecule has 32 heavy (non-hydrogen) atoms. The molecule has 1 unspecified atom stereocenters. The van der Waals surface area contributed by atoms with Gasteiger partial charge in [-0.25, -0.2) is 10.0 Å². The molecule has 0 bridgehead atoms. The van der Waals surface area contributed by atoms with Gasteiger partial charge in [0.05, 0.1) is 18.2 Å². The molecule has 8 heteroatoms. The van der Waals surface area contributed by atoms with E-state index in [4.69, 9.17) is 4.74 Å². The van der Waals surface area contributed by atoms with Crippen molar-refractivity contribution in [3.8, 4) is 0 Å². The molecule has 3 rings (SSSR count). The van der Waals surface area contributed by atoms with Gasteiger partial charge < -0.3 is 9.84 Å². The standard InChI is InChI=1S/C24H28N2O5.ClH/c1-2-31-24(30)20(18-9-4-3-5-10-18)15-16-25(17-23(28)29)26-21-13-7-6-11-19(21)12-8-14-22(26)27;/h3-7,9-11,13,20H,2,8,12,14-17H2,1H3,(H,28,29);1H. The third kappa shape index (κ3) is 6.31. The average Bonchev–Trinajstić information content (AvgIpc) is 2.92. The molecule has 1 aliphatic heterocycles. The summed E-state index contributed by atoms with van der Waals surface area (Å²) in [5.74, 6) is -2.08. The van der Waals surface area contributed by atoms with Crippen molar-refractivity contribution in [3.05, 3.63) is 65.7 Å². The zero-order valence-corrected chi connectivity index (χ0v) is 18.9. The molecule has 1 aliphatic rings. The third-order valence-corrected chi connectivity index (χ3v) is 5.34. The molecule has 0 radical (unpaired) electrons. The van der Waals surface area contributed by atoms with Crippen LogP contribution in [0.2, 0.25) is 0 Å². The molecule has 2 aromatic rings. The Bertz CT molecular complexity index is 922. The van der Waals surface area contributed by atoms with Gasteiger partial charge in [-0.3, -0.25) is 14.4 Å². The van der Waals surface area contributed by atoms with Crippen molar-refractivity contribution in [2.75, 3.05) is 24.7 Å². The number of hydrogen-bond acceptors (Lipinski definition) is 5. The monoisotopic (exact) mass is 460 g/mol. The van der Waals surface area contributed by atoms with Crippen LogP contribution in [0.1, 0.15) is 43.2 Å². The highest BCUT2D eigenvalue weighted by molar-refractivity contribution is 5.94. The summed E-state index contributed by atoms with van der Waals surface area (Å²) in [7, 11) is 0. The number of aliphatic carboxylic acids is 1. The number of para-hydroxylation sites is 1. The number of nitrogens with zero attached hydrogens (tertiary/aromatic N) is 2. The number of ether oxygens (including phenoxy) is 1. The van der Waals surface area contributed by atoms with Crippen LogP contribution in [0.25, 0.3) is 0 Å². The minimum Gasteiger partial charge on any atom is -0.480 e. The number of rotatable bonds is 9. The summed E-state index contributed by atoms with van der Waals surface area (Å²) in [5.41, 5.74) is 2.52. The highest BCUT2D eigenvalue weighted by Gasteiger charge is 2.31. The molecule has 0 aliphatic carbocycles. The van der Waals surface area contributed by atoms with Crippen LogP contribution in [0, 0.1) is 0 Å². The van der Waals surface area contributed by atoms with Crippen LogP contribution in [-0.4, -0.2) is 47.7 Å². The van der Waals surface area contributed by atoms with Crippen molar-refractivity contribution in [1.29, 1.82) is 0 Å². The second-order valence-corrected chi connectivity index (χ2v) is 7.47. The number of aryl methyl sites for hydroxylation is 1. The van der Waals surface area contributed by atoms with Gasteiger partial charge in [0.25, 0.3) is 0 Å². The van der Waals surface area contributed by atoms with Gasteiger partial charge >= 0.3 is 11.9 Å². The zero-order chi connectivity index (χ0) is 22.2. The number of carboxylic acids is 1. The normalized spacial score (nSPS) is 14.2. The van der Waals surface area contributed by atoms with Gasteiger partial charge in [0.2, 0.25) is 5.91 Å². The fourth-order valence-electron chi connectivity index (χ4n) is 3.94. The molecular weight excluding hydrogens is 432 g/mol. The average molecular weight is 461 g/mol. The Balaban J connectivity index is 0.00000363. The first-order chi connectivity index (χ1) is 15.0. The molecule has 1 N–H and O–H groups in total. The Hall–Kier alpha value is -2.90. The van der Waals surface area contributed by atoms with E-state index in [1.165, 1.54) is 10.0 Å². The summed E-state index contributed by atoms with van der Waals surface area (Å²) < 4.78 is 5.26. The largest absolute Gasteiger partial charge is 0.480 e. The first kappa shape index (κ1) is 25.4. The van der Waals surface area contributed by atoms with Crippen molar-refractivity contribution in [2.45, 2.75) is 38.5 Å². The number of carbonyl (C=O) groups excluding carboxylic acids is 2. The smallest absolute Gasteiger partial charge is 0.319 e. The van der Waals surface area contributed by atoms with Crippen molar-refractivity contribution >= 4 is 35.9 Å². The van der Waals surface area contributed by atoms with Gasteiger partial charge in [0.15, 0.2) is 0 Å². The van der Waals surface area contributed by atoms with Crippen molar-refractivity contribution in [1.82, 2.24) is 5.01 Å². The fourth-order valence-corrected chi connectivity index (χ4v) is 3.94. The number of hydrogen-bond donors (Lipinski definition) is 1. The lowest BCUT2D eigenvalue weighted by atomic mass is 9.95. The molecule has 1 amide bonds. The minimum absolute atomic E-state index is 0. The van der Waals surface area contributed by atoms with Crippen LogP contribution < -0.4 is 5.01 Å². The number of esters is 1. The van der Waals surface area contributed by atoms with Crippen LogP contribution in [0.4, 0.5) is 5.69 Å².